The number of carbonyl (C=O) groups is 1. The second-order valence-electron chi connectivity index (χ2n) is 3.47. The second kappa shape index (κ2) is 3.94. The molecule has 0 bridgehead atoms. The molecular formula is C10H10F2N2O. The Balaban J connectivity index is 2.06. The van der Waals surface area contributed by atoms with E-state index in [9.17, 15) is 13.6 Å². The number of anilines is 1. The summed E-state index contributed by atoms with van der Waals surface area (Å²) in [4.78, 5) is 11.4. The van der Waals surface area contributed by atoms with E-state index in [-0.39, 0.29) is 17.5 Å². The molecule has 1 aliphatic rings. The van der Waals surface area contributed by atoms with E-state index in [4.69, 9.17) is 0 Å². The molecule has 1 aromatic carbocycles. The van der Waals surface area contributed by atoms with Crippen LogP contribution >= 0.6 is 0 Å². The van der Waals surface area contributed by atoms with Crippen molar-refractivity contribution in [1.82, 2.24) is 5.32 Å². The number of rotatable bonds is 2. The van der Waals surface area contributed by atoms with Gasteiger partial charge in [-0.3, -0.25) is 4.79 Å². The number of halogens is 2. The lowest BCUT2D eigenvalue weighted by molar-refractivity contribution is -0.121. The van der Waals surface area contributed by atoms with Gasteiger partial charge in [0, 0.05) is 19.2 Å². The standard InChI is InChI=1S/C10H10F2N2O/c11-7-1-2-9(8(12)3-7)14-10(15)6-4-13-5-6/h1-3,6,13H,4-5H2,(H,14,15). The van der Waals surface area contributed by atoms with Gasteiger partial charge < -0.3 is 10.6 Å². The van der Waals surface area contributed by atoms with Crippen molar-refractivity contribution in [3.05, 3.63) is 29.8 Å². The van der Waals surface area contributed by atoms with Crippen molar-refractivity contribution < 1.29 is 13.6 Å². The molecule has 2 rings (SSSR count). The molecular weight excluding hydrogens is 202 g/mol. The van der Waals surface area contributed by atoms with Gasteiger partial charge in [-0.2, -0.15) is 0 Å². The van der Waals surface area contributed by atoms with Gasteiger partial charge in [0.1, 0.15) is 11.6 Å². The molecule has 1 aromatic rings. The molecule has 0 aromatic heterocycles. The Labute approximate surface area is 85.5 Å². The summed E-state index contributed by atoms with van der Waals surface area (Å²) in [7, 11) is 0. The normalized spacial score (nSPS) is 15.9. The van der Waals surface area contributed by atoms with Gasteiger partial charge in [-0.15, -0.1) is 0 Å². The molecule has 1 amide bonds. The molecule has 15 heavy (non-hydrogen) atoms. The SMILES string of the molecule is O=C(Nc1ccc(F)cc1F)C1CNC1. The van der Waals surface area contributed by atoms with Crippen LogP contribution in [0.5, 0.6) is 0 Å². The molecule has 1 fully saturated rings. The monoisotopic (exact) mass is 212 g/mol. The highest BCUT2D eigenvalue weighted by atomic mass is 19.1. The van der Waals surface area contributed by atoms with E-state index in [1.165, 1.54) is 6.07 Å². The van der Waals surface area contributed by atoms with Crippen LogP contribution in [-0.4, -0.2) is 19.0 Å². The number of nitrogens with one attached hydrogen (secondary N) is 2. The second-order valence-corrected chi connectivity index (χ2v) is 3.47. The summed E-state index contributed by atoms with van der Waals surface area (Å²) in [6, 6.07) is 3.07. The molecule has 1 saturated heterocycles. The molecule has 2 N–H and O–H groups in total. The molecule has 1 aliphatic heterocycles. The Morgan fingerprint density at radius 1 is 1.40 bits per heavy atom. The average Bonchev–Trinajstić information content (AvgIpc) is 2.07. The van der Waals surface area contributed by atoms with Crippen LogP contribution in [0.15, 0.2) is 18.2 Å². The van der Waals surface area contributed by atoms with Gasteiger partial charge in [-0.1, -0.05) is 0 Å². The lowest BCUT2D eigenvalue weighted by Crippen LogP contribution is -2.48. The Hall–Kier alpha value is -1.49. The third kappa shape index (κ3) is 2.12. The minimum absolute atomic E-state index is 0.0216. The quantitative estimate of drug-likeness (QED) is 0.771. The molecule has 0 unspecified atom stereocenters. The van der Waals surface area contributed by atoms with Crippen LogP contribution in [0.2, 0.25) is 0 Å². The zero-order valence-corrected chi connectivity index (χ0v) is 7.89. The van der Waals surface area contributed by atoms with E-state index >= 15 is 0 Å². The highest BCUT2D eigenvalue weighted by molar-refractivity contribution is 5.93. The summed E-state index contributed by atoms with van der Waals surface area (Å²) in [5, 5.41) is 5.36. The molecule has 0 spiro atoms. The first-order valence-electron chi connectivity index (χ1n) is 4.63. The smallest absolute Gasteiger partial charge is 0.230 e. The number of carbonyl (C=O) groups excluding carboxylic acids is 1. The molecule has 0 radical (unpaired) electrons. The van der Waals surface area contributed by atoms with Gasteiger partial charge in [0.25, 0.3) is 0 Å². The molecule has 5 heteroatoms. The fourth-order valence-electron chi connectivity index (χ4n) is 1.30. The van der Waals surface area contributed by atoms with Crippen molar-refractivity contribution in [2.75, 3.05) is 18.4 Å². The van der Waals surface area contributed by atoms with Crippen molar-refractivity contribution in [2.45, 2.75) is 0 Å². The first kappa shape index (κ1) is 10.0. The molecule has 80 valence electrons. The van der Waals surface area contributed by atoms with E-state index in [0.29, 0.717) is 13.1 Å². The van der Waals surface area contributed by atoms with Crippen LogP contribution in [0.25, 0.3) is 0 Å². The molecule has 3 nitrogen and oxygen atoms in total. The Morgan fingerprint density at radius 2 is 2.13 bits per heavy atom. The van der Waals surface area contributed by atoms with Crippen LogP contribution in [0, 0.1) is 17.6 Å². The summed E-state index contributed by atoms with van der Waals surface area (Å²) in [5.41, 5.74) is 0.0216. The average molecular weight is 212 g/mol. The van der Waals surface area contributed by atoms with Crippen LogP contribution in [0.3, 0.4) is 0 Å². The highest BCUT2D eigenvalue weighted by Crippen LogP contribution is 2.16. The van der Waals surface area contributed by atoms with Gasteiger partial charge >= 0.3 is 0 Å². The van der Waals surface area contributed by atoms with Gasteiger partial charge in [0.15, 0.2) is 0 Å². The third-order valence-corrected chi connectivity index (χ3v) is 2.34. The summed E-state index contributed by atoms with van der Waals surface area (Å²) in [6.45, 7) is 1.21. The number of amides is 1. The maximum atomic E-state index is 13.1. The van der Waals surface area contributed by atoms with Crippen molar-refractivity contribution in [3.63, 3.8) is 0 Å². The summed E-state index contributed by atoms with van der Waals surface area (Å²) in [6.07, 6.45) is 0. The molecule has 0 aliphatic carbocycles. The van der Waals surface area contributed by atoms with E-state index in [1.807, 2.05) is 0 Å². The predicted molar refractivity (Wildman–Crippen MR) is 51.3 cm³/mol. The lowest BCUT2D eigenvalue weighted by atomic mass is 10.0. The minimum Gasteiger partial charge on any atom is -0.323 e. The zero-order chi connectivity index (χ0) is 10.8. The van der Waals surface area contributed by atoms with E-state index in [1.54, 1.807) is 0 Å². The maximum absolute atomic E-state index is 13.1. The molecule has 0 atom stereocenters. The number of hydrogen-bond donors (Lipinski definition) is 2. The van der Waals surface area contributed by atoms with E-state index < -0.39 is 11.6 Å². The fourth-order valence-corrected chi connectivity index (χ4v) is 1.30. The van der Waals surface area contributed by atoms with Gasteiger partial charge in [0.05, 0.1) is 11.6 Å². The Bertz CT molecular complexity index is 391. The molecule has 1 heterocycles. The largest absolute Gasteiger partial charge is 0.323 e. The highest BCUT2D eigenvalue weighted by Gasteiger charge is 2.25. The third-order valence-electron chi connectivity index (χ3n) is 2.34. The molecule has 0 saturated carbocycles. The van der Waals surface area contributed by atoms with Crippen LogP contribution in [0.4, 0.5) is 14.5 Å². The first-order chi connectivity index (χ1) is 7.16. The fraction of sp³-hybridized carbons (Fsp3) is 0.300. The number of hydrogen-bond acceptors (Lipinski definition) is 2. The summed E-state index contributed by atoms with van der Waals surface area (Å²) < 4.78 is 25.7. The summed E-state index contributed by atoms with van der Waals surface area (Å²) >= 11 is 0. The minimum atomic E-state index is -0.754. The lowest BCUT2D eigenvalue weighted by Gasteiger charge is -2.25. The zero-order valence-electron chi connectivity index (χ0n) is 7.89. The summed E-state index contributed by atoms with van der Waals surface area (Å²) in [5.74, 6) is -1.76. The van der Waals surface area contributed by atoms with Gasteiger partial charge in [-0.05, 0) is 12.1 Å². The Morgan fingerprint density at radius 3 is 2.67 bits per heavy atom. The van der Waals surface area contributed by atoms with Crippen LogP contribution in [0.1, 0.15) is 0 Å². The first-order valence-corrected chi connectivity index (χ1v) is 4.63. The van der Waals surface area contributed by atoms with Crippen molar-refractivity contribution in [1.29, 1.82) is 0 Å². The van der Waals surface area contributed by atoms with Crippen LogP contribution in [-0.2, 0) is 4.79 Å². The van der Waals surface area contributed by atoms with E-state index in [0.717, 1.165) is 12.1 Å². The maximum Gasteiger partial charge on any atom is 0.230 e. The van der Waals surface area contributed by atoms with Crippen LogP contribution < -0.4 is 10.6 Å². The van der Waals surface area contributed by atoms with Crippen molar-refractivity contribution in [3.8, 4) is 0 Å². The van der Waals surface area contributed by atoms with E-state index in [2.05, 4.69) is 10.6 Å². The van der Waals surface area contributed by atoms with Gasteiger partial charge in [0.2, 0.25) is 5.91 Å². The topological polar surface area (TPSA) is 41.1 Å². The predicted octanol–water partition coefficient (Wildman–Crippen LogP) is 1.12. The number of benzene rings is 1. The Kier molecular flexibility index (Phi) is 2.64. The van der Waals surface area contributed by atoms with Crippen molar-refractivity contribution >= 4 is 11.6 Å². The van der Waals surface area contributed by atoms with Gasteiger partial charge in [-0.25, -0.2) is 8.78 Å². The van der Waals surface area contributed by atoms with Crippen molar-refractivity contribution in [2.24, 2.45) is 5.92 Å².